The topological polar surface area (TPSA) is 53.7 Å². The summed E-state index contributed by atoms with van der Waals surface area (Å²) in [5.41, 5.74) is 0.417. The molecule has 1 aliphatic heterocycles. The number of rotatable bonds is 4. The van der Waals surface area contributed by atoms with Crippen LogP contribution in [0.25, 0.3) is 11.3 Å². The Morgan fingerprint density at radius 3 is 2.90 bits per heavy atom. The van der Waals surface area contributed by atoms with Crippen molar-refractivity contribution in [3.05, 3.63) is 48.0 Å². The maximum atomic E-state index is 13.7. The Kier molecular flexibility index (Phi) is 3.75. The third-order valence-corrected chi connectivity index (χ3v) is 3.81. The molecule has 0 radical (unpaired) electrons. The van der Waals surface area contributed by atoms with E-state index >= 15 is 0 Å². The lowest BCUT2D eigenvalue weighted by atomic mass is 10.1. The van der Waals surface area contributed by atoms with Gasteiger partial charge in [-0.1, -0.05) is 12.1 Å². The summed E-state index contributed by atoms with van der Waals surface area (Å²) in [5.74, 6) is -0.00746. The van der Waals surface area contributed by atoms with Crippen molar-refractivity contribution >= 4 is 5.97 Å². The monoisotopic (exact) mass is 289 g/mol. The fourth-order valence-electron chi connectivity index (χ4n) is 2.76. The maximum Gasteiger partial charge on any atom is 0.320 e. The molecule has 5 heteroatoms. The lowest BCUT2D eigenvalue weighted by Gasteiger charge is -2.19. The molecule has 1 aromatic carbocycles. The number of hydrogen-bond acceptors (Lipinski definition) is 3. The van der Waals surface area contributed by atoms with E-state index in [4.69, 9.17) is 9.52 Å². The van der Waals surface area contributed by atoms with E-state index in [9.17, 15) is 9.18 Å². The summed E-state index contributed by atoms with van der Waals surface area (Å²) in [6.45, 7) is 1.18. The van der Waals surface area contributed by atoms with Gasteiger partial charge in [0.05, 0.1) is 12.1 Å². The molecule has 1 saturated heterocycles. The van der Waals surface area contributed by atoms with E-state index < -0.39 is 12.0 Å². The second-order valence-corrected chi connectivity index (χ2v) is 5.21. The molecule has 4 nitrogen and oxygen atoms in total. The zero-order chi connectivity index (χ0) is 14.8. The van der Waals surface area contributed by atoms with Crippen LogP contribution in [0.1, 0.15) is 18.6 Å². The maximum absolute atomic E-state index is 13.7. The summed E-state index contributed by atoms with van der Waals surface area (Å²) in [5, 5.41) is 9.16. The van der Waals surface area contributed by atoms with Crippen LogP contribution in [-0.4, -0.2) is 28.6 Å². The van der Waals surface area contributed by atoms with Crippen molar-refractivity contribution in [2.24, 2.45) is 0 Å². The molecule has 0 aliphatic carbocycles. The van der Waals surface area contributed by atoms with Crippen LogP contribution in [0.3, 0.4) is 0 Å². The van der Waals surface area contributed by atoms with Crippen LogP contribution in [0.5, 0.6) is 0 Å². The number of halogens is 1. The van der Waals surface area contributed by atoms with E-state index in [1.54, 1.807) is 30.3 Å². The Labute approximate surface area is 121 Å². The van der Waals surface area contributed by atoms with Crippen LogP contribution in [-0.2, 0) is 11.3 Å². The predicted octanol–water partition coefficient (Wildman–Crippen LogP) is 3.13. The third-order valence-electron chi connectivity index (χ3n) is 3.81. The van der Waals surface area contributed by atoms with Crippen molar-refractivity contribution in [1.82, 2.24) is 4.90 Å². The highest BCUT2D eigenvalue weighted by Gasteiger charge is 2.30. The lowest BCUT2D eigenvalue weighted by molar-refractivity contribution is -0.142. The van der Waals surface area contributed by atoms with E-state index in [1.165, 1.54) is 6.07 Å². The number of hydrogen-bond donors (Lipinski definition) is 1. The molecule has 1 aromatic heterocycles. The molecule has 0 spiro atoms. The SMILES string of the molecule is O=C(O)[C@H]1CCCN1Cc1ccc(-c2ccccc2F)o1. The van der Waals surface area contributed by atoms with Gasteiger partial charge in [-0.2, -0.15) is 0 Å². The summed E-state index contributed by atoms with van der Waals surface area (Å²) in [6, 6.07) is 9.48. The van der Waals surface area contributed by atoms with E-state index in [1.807, 2.05) is 4.90 Å². The van der Waals surface area contributed by atoms with Crippen LogP contribution in [0, 0.1) is 5.82 Å². The van der Waals surface area contributed by atoms with Crippen LogP contribution in [0.15, 0.2) is 40.8 Å². The van der Waals surface area contributed by atoms with Gasteiger partial charge < -0.3 is 9.52 Å². The van der Waals surface area contributed by atoms with Crippen molar-refractivity contribution in [3.8, 4) is 11.3 Å². The highest BCUT2D eigenvalue weighted by Crippen LogP contribution is 2.27. The van der Waals surface area contributed by atoms with Gasteiger partial charge in [0.25, 0.3) is 0 Å². The first-order valence-corrected chi connectivity index (χ1v) is 6.95. The molecule has 3 rings (SSSR count). The molecule has 1 N–H and O–H groups in total. The first-order chi connectivity index (χ1) is 10.1. The average molecular weight is 289 g/mol. The van der Waals surface area contributed by atoms with Crippen molar-refractivity contribution in [1.29, 1.82) is 0 Å². The summed E-state index contributed by atoms with van der Waals surface area (Å²) >= 11 is 0. The zero-order valence-corrected chi connectivity index (χ0v) is 11.5. The number of benzene rings is 1. The molecule has 0 saturated carbocycles. The third kappa shape index (κ3) is 2.83. The molecule has 2 heterocycles. The largest absolute Gasteiger partial charge is 0.480 e. The molecule has 0 amide bonds. The zero-order valence-electron chi connectivity index (χ0n) is 11.5. The Hall–Kier alpha value is -2.14. The highest BCUT2D eigenvalue weighted by molar-refractivity contribution is 5.73. The summed E-state index contributed by atoms with van der Waals surface area (Å²) in [7, 11) is 0. The Balaban J connectivity index is 1.77. The van der Waals surface area contributed by atoms with Crippen molar-refractivity contribution < 1.29 is 18.7 Å². The predicted molar refractivity (Wildman–Crippen MR) is 75.2 cm³/mol. The standard InChI is InChI=1S/C16H16FNO3/c17-13-5-2-1-4-12(13)15-8-7-11(21-15)10-18-9-3-6-14(18)16(19)20/h1-2,4-5,7-8,14H,3,6,9-10H2,(H,19,20)/t14-/m1/s1. The Bertz CT molecular complexity index is 652. The molecule has 1 aliphatic rings. The van der Waals surface area contributed by atoms with E-state index in [-0.39, 0.29) is 5.82 Å². The van der Waals surface area contributed by atoms with Gasteiger partial charge in [0.2, 0.25) is 0 Å². The summed E-state index contributed by atoms with van der Waals surface area (Å²) in [6.07, 6.45) is 1.54. The first kappa shape index (κ1) is 13.8. The van der Waals surface area contributed by atoms with Crippen molar-refractivity contribution in [2.45, 2.75) is 25.4 Å². The van der Waals surface area contributed by atoms with Gasteiger partial charge in [-0.3, -0.25) is 9.69 Å². The molecule has 1 fully saturated rings. The number of carboxylic acids is 1. The minimum absolute atomic E-state index is 0.331. The lowest BCUT2D eigenvalue weighted by Crippen LogP contribution is -2.35. The van der Waals surface area contributed by atoms with Crippen LogP contribution in [0.4, 0.5) is 4.39 Å². The van der Waals surface area contributed by atoms with Crippen LogP contribution < -0.4 is 0 Å². The summed E-state index contributed by atoms with van der Waals surface area (Å²) < 4.78 is 19.4. The fourth-order valence-corrected chi connectivity index (χ4v) is 2.76. The number of furan rings is 1. The molecule has 110 valence electrons. The number of nitrogens with zero attached hydrogens (tertiary/aromatic N) is 1. The fraction of sp³-hybridized carbons (Fsp3) is 0.312. The number of aliphatic carboxylic acids is 1. The van der Waals surface area contributed by atoms with Gasteiger partial charge in [0, 0.05) is 0 Å². The van der Waals surface area contributed by atoms with Crippen LogP contribution >= 0.6 is 0 Å². The first-order valence-electron chi connectivity index (χ1n) is 6.95. The molecular formula is C16H16FNO3. The number of carbonyl (C=O) groups is 1. The van der Waals surface area contributed by atoms with Crippen LogP contribution in [0.2, 0.25) is 0 Å². The van der Waals surface area contributed by atoms with Gasteiger partial charge in [-0.05, 0) is 43.7 Å². The van der Waals surface area contributed by atoms with E-state index in [0.717, 1.165) is 13.0 Å². The minimum atomic E-state index is -0.798. The summed E-state index contributed by atoms with van der Waals surface area (Å²) in [4.78, 5) is 13.0. The smallest absolute Gasteiger partial charge is 0.320 e. The van der Waals surface area contributed by atoms with E-state index in [0.29, 0.717) is 30.0 Å². The van der Waals surface area contributed by atoms with Gasteiger partial charge in [0.15, 0.2) is 0 Å². The van der Waals surface area contributed by atoms with Crippen molar-refractivity contribution in [2.75, 3.05) is 6.54 Å². The average Bonchev–Trinajstić information content (AvgIpc) is 3.09. The quantitative estimate of drug-likeness (QED) is 0.939. The Morgan fingerprint density at radius 2 is 2.14 bits per heavy atom. The van der Waals surface area contributed by atoms with E-state index in [2.05, 4.69) is 0 Å². The van der Waals surface area contributed by atoms with Gasteiger partial charge in [-0.25, -0.2) is 4.39 Å². The number of carboxylic acid groups (broad SMARTS) is 1. The Morgan fingerprint density at radius 1 is 1.33 bits per heavy atom. The minimum Gasteiger partial charge on any atom is -0.480 e. The van der Waals surface area contributed by atoms with Gasteiger partial charge in [-0.15, -0.1) is 0 Å². The normalized spacial score (nSPS) is 19.0. The second kappa shape index (κ2) is 5.69. The molecule has 1 atom stereocenters. The second-order valence-electron chi connectivity index (χ2n) is 5.21. The van der Waals surface area contributed by atoms with Gasteiger partial charge >= 0.3 is 5.97 Å². The molecule has 0 unspecified atom stereocenters. The van der Waals surface area contributed by atoms with Crippen molar-refractivity contribution in [3.63, 3.8) is 0 Å². The molecule has 2 aromatic rings. The highest BCUT2D eigenvalue weighted by atomic mass is 19.1. The van der Waals surface area contributed by atoms with Gasteiger partial charge in [0.1, 0.15) is 23.4 Å². The molecule has 0 bridgehead atoms. The molecule has 21 heavy (non-hydrogen) atoms. The number of likely N-dealkylation sites (tertiary alicyclic amines) is 1. The molecular weight excluding hydrogens is 273 g/mol.